The van der Waals surface area contributed by atoms with Crippen molar-refractivity contribution in [3.8, 4) is 11.3 Å². The van der Waals surface area contributed by atoms with Gasteiger partial charge in [0.05, 0.1) is 6.54 Å². The molecule has 0 amide bonds. The minimum Gasteiger partial charge on any atom is -0.459 e. The molecule has 0 spiro atoms. The van der Waals surface area contributed by atoms with Gasteiger partial charge < -0.3 is 9.73 Å². The maximum absolute atomic E-state index is 5.85. The minimum absolute atomic E-state index is 0.647. The SMILES string of the molecule is Clc1ccc(NCc2ccc(-c3ccccc3)o2)cc1. The van der Waals surface area contributed by atoms with Gasteiger partial charge >= 0.3 is 0 Å². The first-order valence-electron chi connectivity index (χ1n) is 6.45. The highest BCUT2D eigenvalue weighted by Gasteiger charge is 2.04. The second-order valence-corrected chi connectivity index (χ2v) is 4.93. The lowest BCUT2D eigenvalue weighted by Gasteiger charge is -2.04. The second-order valence-electron chi connectivity index (χ2n) is 4.49. The first-order chi connectivity index (χ1) is 9.81. The fraction of sp³-hybridized carbons (Fsp3) is 0.0588. The second kappa shape index (κ2) is 5.85. The fourth-order valence-corrected chi connectivity index (χ4v) is 2.11. The molecule has 0 aliphatic heterocycles. The largest absolute Gasteiger partial charge is 0.459 e. The molecule has 1 aromatic heterocycles. The monoisotopic (exact) mass is 283 g/mol. The predicted octanol–water partition coefficient (Wildman–Crippen LogP) is 5.21. The van der Waals surface area contributed by atoms with Crippen molar-refractivity contribution in [3.63, 3.8) is 0 Å². The Labute approximate surface area is 123 Å². The highest BCUT2D eigenvalue weighted by molar-refractivity contribution is 6.30. The molecule has 3 heteroatoms. The van der Waals surface area contributed by atoms with Crippen LogP contribution in [0.5, 0.6) is 0 Å². The van der Waals surface area contributed by atoms with Crippen LogP contribution in [0.3, 0.4) is 0 Å². The summed E-state index contributed by atoms with van der Waals surface area (Å²) in [6.45, 7) is 0.647. The van der Waals surface area contributed by atoms with E-state index >= 15 is 0 Å². The zero-order valence-corrected chi connectivity index (χ0v) is 11.6. The van der Waals surface area contributed by atoms with Crippen LogP contribution in [0.4, 0.5) is 5.69 Å². The van der Waals surface area contributed by atoms with Gasteiger partial charge in [-0.25, -0.2) is 0 Å². The maximum atomic E-state index is 5.85. The summed E-state index contributed by atoms with van der Waals surface area (Å²) in [5.74, 6) is 1.79. The molecule has 0 aliphatic rings. The third-order valence-corrected chi connectivity index (χ3v) is 3.28. The summed E-state index contributed by atoms with van der Waals surface area (Å²) in [5, 5.41) is 4.04. The molecule has 3 aromatic rings. The molecule has 2 aromatic carbocycles. The van der Waals surface area contributed by atoms with Crippen molar-refractivity contribution in [2.24, 2.45) is 0 Å². The summed E-state index contributed by atoms with van der Waals surface area (Å²) in [7, 11) is 0. The van der Waals surface area contributed by atoms with Crippen LogP contribution in [0.25, 0.3) is 11.3 Å². The van der Waals surface area contributed by atoms with Gasteiger partial charge in [-0.2, -0.15) is 0 Å². The predicted molar refractivity (Wildman–Crippen MR) is 82.9 cm³/mol. The Morgan fingerprint density at radius 3 is 2.35 bits per heavy atom. The number of benzene rings is 2. The van der Waals surface area contributed by atoms with Gasteiger partial charge in [0.25, 0.3) is 0 Å². The lowest BCUT2D eigenvalue weighted by atomic mass is 10.2. The molecule has 100 valence electrons. The normalized spacial score (nSPS) is 10.4. The first-order valence-corrected chi connectivity index (χ1v) is 6.83. The molecule has 0 radical (unpaired) electrons. The van der Waals surface area contributed by atoms with Crippen LogP contribution in [0, 0.1) is 0 Å². The molecule has 0 aliphatic carbocycles. The van der Waals surface area contributed by atoms with Crippen LogP contribution in [0.2, 0.25) is 5.02 Å². The summed E-state index contributed by atoms with van der Waals surface area (Å²) in [5.41, 5.74) is 2.11. The van der Waals surface area contributed by atoms with Gasteiger partial charge in [0.1, 0.15) is 11.5 Å². The van der Waals surface area contributed by atoms with Gasteiger partial charge in [-0.15, -0.1) is 0 Å². The standard InChI is InChI=1S/C17H14ClNO/c18-14-6-8-15(9-7-14)19-12-16-10-11-17(20-16)13-4-2-1-3-5-13/h1-11,19H,12H2. The topological polar surface area (TPSA) is 25.2 Å². The van der Waals surface area contributed by atoms with Crippen LogP contribution in [-0.2, 0) is 6.54 Å². The zero-order chi connectivity index (χ0) is 13.8. The number of halogens is 1. The Kier molecular flexibility index (Phi) is 3.75. The van der Waals surface area contributed by atoms with Crippen LogP contribution in [0.15, 0.2) is 71.1 Å². The van der Waals surface area contributed by atoms with E-state index in [4.69, 9.17) is 16.0 Å². The average molecular weight is 284 g/mol. The highest BCUT2D eigenvalue weighted by atomic mass is 35.5. The number of hydrogen-bond acceptors (Lipinski definition) is 2. The molecule has 0 fully saturated rings. The van der Waals surface area contributed by atoms with Gasteiger partial charge in [0.15, 0.2) is 0 Å². The molecule has 0 unspecified atom stereocenters. The molecule has 2 nitrogen and oxygen atoms in total. The van der Waals surface area contributed by atoms with E-state index in [9.17, 15) is 0 Å². The number of anilines is 1. The molecular formula is C17H14ClNO. The number of nitrogens with one attached hydrogen (secondary N) is 1. The van der Waals surface area contributed by atoms with E-state index in [1.54, 1.807) is 0 Å². The quantitative estimate of drug-likeness (QED) is 0.711. The number of rotatable bonds is 4. The Bertz CT molecular complexity index is 674. The molecule has 0 saturated heterocycles. The Hall–Kier alpha value is -2.19. The summed E-state index contributed by atoms with van der Waals surface area (Å²) >= 11 is 5.85. The van der Waals surface area contributed by atoms with Crippen molar-refractivity contribution in [2.45, 2.75) is 6.54 Å². The number of hydrogen-bond donors (Lipinski definition) is 1. The molecule has 0 atom stereocenters. The zero-order valence-electron chi connectivity index (χ0n) is 10.8. The molecule has 0 bridgehead atoms. The van der Waals surface area contributed by atoms with E-state index in [1.807, 2.05) is 66.7 Å². The minimum atomic E-state index is 0.647. The van der Waals surface area contributed by atoms with Crippen molar-refractivity contribution in [1.82, 2.24) is 0 Å². The van der Waals surface area contributed by atoms with E-state index in [1.165, 1.54) is 0 Å². The Morgan fingerprint density at radius 1 is 0.850 bits per heavy atom. The molecule has 20 heavy (non-hydrogen) atoms. The summed E-state index contributed by atoms with van der Waals surface area (Å²) in [6, 6.07) is 21.7. The van der Waals surface area contributed by atoms with Crippen molar-refractivity contribution < 1.29 is 4.42 Å². The van der Waals surface area contributed by atoms with E-state index in [0.29, 0.717) is 6.54 Å². The first kappa shape index (κ1) is 12.8. The summed E-state index contributed by atoms with van der Waals surface area (Å²) < 4.78 is 5.83. The van der Waals surface area contributed by atoms with Gasteiger partial charge in [0.2, 0.25) is 0 Å². The van der Waals surface area contributed by atoms with Crippen molar-refractivity contribution in [2.75, 3.05) is 5.32 Å². The number of furan rings is 1. The highest BCUT2D eigenvalue weighted by Crippen LogP contribution is 2.22. The van der Waals surface area contributed by atoms with Crippen molar-refractivity contribution in [3.05, 3.63) is 77.5 Å². The molecule has 1 heterocycles. The third-order valence-electron chi connectivity index (χ3n) is 3.03. The molecule has 1 N–H and O–H groups in total. The van der Waals surface area contributed by atoms with Gasteiger partial charge in [-0.1, -0.05) is 41.9 Å². The van der Waals surface area contributed by atoms with Crippen LogP contribution in [0.1, 0.15) is 5.76 Å². The van der Waals surface area contributed by atoms with Gasteiger partial charge in [-0.05, 0) is 36.4 Å². The summed E-state index contributed by atoms with van der Waals surface area (Å²) in [4.78, 5) is 0. The molecule has 3 rings (SSSR count). The molecule has 0 saturated carbocycles. The maximum Gasteiger partial charge on any atom is 0.134 e. The average Bonchev–Trinajstić information content (AvgIpc) is 2.97. The van der Waals surface area contributed by atoms with Gasteiger partial charge in [-0.3, -0.25) is 0 Å². The molecular weight excluding hydrogens is 270 g/mol. The van der Waals surface area contributed by atoms with Crippen LogP contribution < -0.4 is 5.32 Å². The Morgan fingerprint density at radius 2 is 1.60 bits per heavy atom. The smallest absolute Gasteiger partial charge is 0.134 e. The van der Waals surface area contributed by atoms with Crippen molar-refractivity contribution in [1.29, 1.82) is 0 Å². The fourth-order valence-electron chi connectivity index (χ4n) is 1.99. The van der Waals surface area contributed by atoms with Crippen LogP contribution in [-0.4, -0.2) is 0 Å². The summed E-state index contributed by atoms with van der Waals surface area (Å²) in [6.07, 6.45) is 0. The Balaban J connectivity index is 1.67. The van der Waals surface area contributed by atoms with E-state index in [-0.39, 0.29) is 0 Å². The van der Waals surface area contributed by atoms with Gasteiger partial charge in [0, 0.05) is 16.3 Å². The van der Waals surface area contributed by atoms with Crippen molar-refractivity contribution >= 4 is 17.3 Å². The van der Waals surface area contributed by atoms with E-state index < -0.39 is 0 Å². The lowest BCUT2D eigenvalue weighted by Crippen LogP contribution is -1.97. The van der Waals surface area contributed by atoms with Crippen LogP contribution >= 0.6 is 11.6 Å². The third kappa shape index (κ3) is 3.03. The van der Waals surface area contributed by atoms with E-state index in [0.717, 1.165) is 27.8 Å². The van der Waals surface area contributed by atoms with E-state index in [2.05, 4.69) is 5.32 Å². The lowest BCUT2D eigenvalue weighted by molar-refractivity contribution is 0.531.